The van der Waals surface area contributed by atoms with E-state index in [1.54, 1.807) is 11.3 Å². The van der Waals surface area contributed by atoms with Gasteiger partial charge in [0.25, 0.3) is 0 Å². The molecule has 5 heteroatoms. The highest BCUT2D eigenvalue weighted by molar-refractivity contribution is 7.16. The summed E-state index contributed by atoms with van der Waals surface area (Å²) in [5.41, 5.74) is 3.42. The Hall–Kier alpha value is -1.03. The molecule has 3 rings (SSSR count). The van der Waals surface area contributed by atoms with E-state index in [0.717, 1.165) is 27.6 Å². The van der Waals surface area contributed by atoms with Crippen LogP contribution in [0.3, 0.4) is 0 Å². The first kappa shape index (κ1) is 14.9. The fourth-order valence-corrected chi connectivity index (χ4v) is 3.90. The van der Waals surface area contributed by atoms with E-state index >= 15 is 0 Å². The molecule has 0 aliphatic carbocycles. The third-order valence-corrected chi connectivity index (χ3v) is 5.22. The number of aromatic nitrogens is 2. The Morgan fingerprint density at radius 1 is 1.29 bits per heavy atom. The van der Waals surface area contributed by atoms with E-state index in [2.05, 4.69) is 42.7 Å². The summed E-state index contributed by atoms with van der Waals surface area (Å²) in [6.07, 6.45) is 0.763. The number of halogens is 2. The van der Waals surface area contributed by atoms with Crippen LogP contribution in [0.15, 0.2) is 30.3 Å². The molecule has 2 aromatic heterocycles. The van der Waals surface area contributed by atoms with Gasteiger partial charge in [-0.1, -0.05) is 17.7 Å². The van der Waals surface area contributed by atoms with Crippen LogP contribution >= 0.6 is 34.5 Å². The van der Waals surface area contributed by atoms with Crippen LogP contribution in [-0.2, 0) is 6.42 Å². The first-order valence-electron chi connectivity index (χ1n) is 6.89. The van der Waals surface area contributed by atoms with Crippen molar-refractivity contribution in [3.8, 4) is 0 Å². The van der Waals surface area contributed by atoms with Gasteiger partial charge in [0.2, 0.25) is 0 Å². The summed E-state index contributed by atoms with van der Waals surface area (Å²) in [4.78, 5) is 5.98. The van der Waals surface area contributed by atoms with Crippen LogP contribution in [0.5, 0.6) is 0 Å². The van der Waals surface area contributed by atoms with Gasteiger partial charge in [0.15, 0.2) is 0 Å². The number of hydrogen-bond acceptors (Lipinski definition) is 2. The van der Waals surface area contributed by atoms with Crippen LogP contribution in [0.4, 0.5) is 0 Å². The van der Waals surface area contributed by atoms with Gasteiger partial charge in [0.1, 0.15) is 5.82 Å². The van der Waals surface area contributed by atoms with E-state index < -0.39 is 0 Å². The number of rotatable bonds is 4. The molecule has 2 heterocycles. The molecule has 1 aromatic carbocycles. The normalized spacial score (nSPS) is 13.0. The van der Waals surface area contributed by atoms with E-state index in [1.165, 1.54) is 10.4 Å². The van der Waals surface area contributed by atoms with Gasteiger partial charge >= 0.3 is 0 Å². The number of benzene rings is 1. The Balaban J connectivity index is 2.18. The average Bonchev–Trinajstić information content (AvgIpc) is 3.02. The molecule has 0 N–H and O–H groups in total. The Morgan fingerprint density at radius 2 is 2.10 bits per heavy atom. The van der Waals surface area contributed by atoms with Crippen molar-refractivity contribution in [3.05, 3.63) is 50.9 Å². The van der Waals surface area contributed by atoms with Crippen molar-refractivity contribution < 1.29 is 0 Å². The smallest absolute Gasteiger partial charge is 0.111 e. The fourth-order valence-electron chi connectivity index (χ4n) is 2.63. The zero-order chi connectivity index (χ0) is 15.0. The van der Waals surface area contributed by atoms with Crippen LogP contribution in [0.25, 0.3) is 11.0 Å². The Morgan fingerprint density at radius 3 is 2.76 bits per heavy atom. The number of nitrogens with zero attached hydrogens (tertiary/aromatic N) is 2. The summed E-state index contributed by atoms with van der Waals surface area (Å²) < 4.78 is 3.10. The minimum atomic E-state index is 0.201. The standard InChI is InChI=1S/C16H16Cl2N2S/c1-10-3-4-12-13(9-10)20(16(19-12)7-8-17)11(2)14-5-6-15(18)21-14/h3-6,9,11H,7-8H2,1-2H3. The minimum Gasteiger partial charge on any atom is -0.320 e. The summed E-state index contributed by atoms with van der Waals surface area (Å²) in [7, 11) is 0. The highest BCUT2D eigenvalue weighted by Crippen LogP contribution is 2.32. The largest absolute Gasteiger partial charge is 0.320 e. The van der Waals surface area contributed by atoms with Crippen molar-refractivity contribution in [2.24, 2.45) is 0 Å². The highest BCUT2D eigenvalue weighted by Gasteiger charge is 2.18. The molecule has 0 amide bonds. The number of aryl methyl sites for hydroxylation is 2. The minimum absolute atomic E-state index is 0.201. The van der Waals surface area contributed by atoms with Crippen molar-refractivity contribution in [2.45, 2.75) is 26.3 Å². The first-order valence-corrected chi connectivity index (χ1v) is 8.61. The van der Waals surface area contributed by atoms with Crippen molar-refractivity contribution in [1.29, 1.82) is 0 Å². The fraction of sp³-hybridized carbons (Fsp3) is 0.312. The van der Waals surface area contributed by atoms with E-state index in [1.807, 2.05) is 6.07 Å². The number of thiophene rings is 1. The van der Waals surface area contributed by atoms with Crippen LogP contribution in [-0.4, -0.2) is 15.4 Å². The highest BCUT2D eigenvalue weighted by atomic mass is 35.5. The average molecular weight is 339 g/mol. The lowest BCUT2D eigenvalue weighted by molar-refractivity contribution is 0.633. The maximum absolute atomic E-state index is 6.08. The van der Waals surface area contributed by atoms with E-state index in [4.69, 9.17) is 28.2 Å². The Kier molecular flexibility index (Phi) is 4.25. The zero-order valence-electron chi connectivity index (χ0n) is 11.9. The lowest BCUT2D eigenvalue weighted by Crippen LogP contribution is -2.10. The zero-order valence-corrected chi connectivity index (χ0v) is 14.3. The van der Waals surface area contributed by atoms with Crippen LogP contribution < -0.4 is 0 Å². The maximum atomic E-state index is 6.08. The number of hydrogen-bond donors (Lipinski definition) is 0. The molecule has 21 heavy (non-hydrogen) atoms. The third-order valence-electron chi connectivity index (χ3n) is 3.63. The molecule has 3 aromatic rings. The Labute approximate surface area is 138 Å². The lowest BCUT2D eigenvalue weighted by atomic mass is 10.2. The van der Waals surface area contributed by atoms with Gasteiger partial charge in [0, 0.05) is 17.2 Å². The van der Waals surface area contributed by atoms with Gasteiger partial charge in [-0.25, -0.2) is 4.98 Å². The molecule has 110 valence electrons. The second kappa shape index (κ2) is 5.99. The second-order valence-electron chi connectivity index (χ2n) is 5.15. The van der Waals surface area contributed by atoms with E-state index in [-0.39, 0.29) is 6.04 Å². The molecule has 1 atom stereocenters. The lowest BCUT2D eigenvalue weighted by Gasteiger charge is -2.16. The molecule has 0 aliphatic rings. The summed E-state index contributed by atoms with van der Waals surface area (Å²) in [5.74, 6) is 1.60. The SMILES string of the molecule is Cc1ccc2nc(CCCl)n(C(C)c3ccc(Cl)s3)c2c1. The summed E-state index contributed by atoms with van der Waals surface area (Å²) >= 11 is 13.7. The molecule has 0 spiro atoms. The molecule has 0 saturated carbocycles. The quantitative estimate of drug-likeness (QED) is 0.578. The number of imidazole rings is 1. The van der Waals surface area contributed by atoms with Crippen molar-refractivity contribution in [2.75, 3.05) is 5.88 Å². The van der Waals surface area contributed by atoms with Gasteiger partial charge in [-0.15, -0.1) is 22.9 Å². The van der Waals surface area contributed by atoms with Gasteiger partial charge < -0.3 is 4.57 Å². The molecular weight excluding hydrogens is 323 g/mol. The van der Waals surface area contributed by atoms with E-state index in [0.29, 0.717) is 5.88 Å². The number of fused-ring (bicyclic) bond motifs is 1. The topological polar surface area (TPSA) is 17.8 Å². The van der Waals surface area contributed by atoms with Crippen LogP contribution in [0.1, 0.15) is 29.2 Å². The van der Waals surface area contributed by atoms with Crippen molar-refractivity contribution in [1.82, 2.24) is 9.55 Å². The van der Waals surface area contributed by atoms with Crippen LogP contribution in [0, 0.1) is 6.92 Å². The molecule has 0 fully saturated rings. The predicted molar refractivity (Wildman–Crippen MR) is 92.0 cm³/mol. The van der Waals surface area contributed by atoms with Gasteiger partial charge in [0.05, 0.1) is 21.4 Å². The monoisotopic (exact) mass is 338 g/mol. The van der Waals surface area contributed by atoms with E-state index in [9.17, 15) is 0 Å². The predicted octanol–water partition coefficient (Wildman–Crippen LogP) is 5.45. The van der Waals surface area contributed by atoms with Crippen LogP contribution in [0.2, 0.25) is 4.34 Å². The van der Waals surface area contributed by atoms with Gasteiger partial charge in [-0.3, -0.25) is 0 Å². The summed E-state index contributed by atoms with van der Waals surface area (Å²) in [5, 5.41) is 0. The van der Waals surface area contributed by atoms with Gasteiger partial charge in [-0.2, -0.15) is 0 Å². The Bertz CT molecular complexity index is 776. The second-order valence-corrected chi connectivity index (χ2v) is 7.27. The van der Waals surface area contributed by atoms with Crippen molar-refractivity contribution in [3.63, 3.8) is 0 Å². The molecule has 0 aliphatic heterocycles. The maximum Gasteiger partial charge on any atom is 0.111 e. The number of alkyl halides is 1. The molecule has 1 unspecified atom stereocenters. The molecular formula is C16H16Cl2N2S. The molecule has 0 radical (unpaired) electrons. The molecule has 0 saturated heterocycles. The molecule has 0 bridgehead atoms. The first-order chi connectivity index (χ1) is 10.1. The molecule has 2 nitrogen and oxygen atoms in total. The third kappa shape index (κ3) is 2.83. The van der Waals surface area contributed by atoms with Crippen molar-refractivity contribution >= 4 is 45.6 Å². The summed E-state index contributed by atoms with van der Waals surface area (Å²) in [6, 6.07) is 10.6. The van der Waals surface area contributed by atoms with Gasteiger partial charge in [-0.05, 0) is 43.7 Å². The summed E-state index contributed by atoms with van der Waals surface area (Å²) in [6.45, 7) is 4.29.